The lowest BCUT2D eigenvalue weighted by atomic mass is 10.1. The molecule has 0 radical (unpaired) electrons. The zero-order valence-electron chi connectivity index (χ0n) is 13.4. The molecule has 1 saturated heterocycles. The SMILES string of the molecule is COCCCOC1CCCN1c1cc2ccccc2nc1C. The van der Waals surface area contributed by atoms with E-state index >= 15 is 0 Å². The van der Waals surface area contributed by atoms with Crippen LogP contribution in [0.25, 0.3) is 10.9 Å². The molecule has 2 aromatic rings. The number of nitrogens with zero attached hydrogens (tertiary/aromatic N) is 2. The highest BCUT2D eigenvalue weighted by Crippen LogP contribution is 2.30. The minimum absolute atomic E-state index is 0.165. The highest BCUT2D eigenvalue weighted by molar-refractivity contribution is 5.83. The average molecular weight is 300 g/mol. The Balaban J connectivity index is 1.78. The van der Waals surface area contributed by atoms with E-state index in [0.717, 1.165) is 43.8 Å². The monoisotopic (exact) mass is 300 g/mol. The summed E-state index contributed by atoms with van der Waals surface area (Å²) in [7, 11) is 1.73. The van der Waals surface area contributed by atoms with Gasteiger partial charge in [-0.05, 0) is 38.3 Å². The molecule has 118 valence electrons. The molecule has 3 rings (SSSR count). The topological polar surface area (TPSA) is 34.6 Å². The van der Waals surface area contributed by atoms with Crippen LogP contribution in [0.4, 0.5) is 5.69 Å². The van der Waals surface area contributed by atoms with E-state index in [1.807, 2.05) is 6.07 Å². The van der Waals surface area contributed by atoms with Crippen LogP contribution in [0.5, 0.6) is 0 Å². The molecule has 0 aliphatic carbocycles. The molecule has 0 N–H and O–H groups in total. The number of fused-ring (bicyclic) bond motifs is 1. The second kappa shape index (κ2) is 7.07. The Morgan fingerprint density at radius 1 is 1.27 bits per heavy atom. The van der Waals surface area contributed by atoms with Gasteiger partial charge in [0.1, 0.15) is 6.23 Å². The molecule has 1 unspecified atom stereocenters. The van der Waals surface area contributed by atoms with E-state index in [0.29, 0.717) is 0 Å². The number of aromatic nitrogens is 1. The van der Waals surface area contributed by atoms with Gasteiger partial charge in [0, 0.05) is 25.6 Å². The molecule has 22 heavy (non-hydrogen) atoms. The summed E-state index contributed by atoms with van der Waals surface area (Å²) < 4.78 is 11.1. The fourth-order valence-electron chi connectivity index (χ4n) is 3.10. The van der Waals surface area contributed by atoms with Crippen LogP contribution in [-0.2, 0) is 9.47 Å². The smallest absolute Gasteiger partial charge is 0.130 e. The zero-order valence-corrected chi connectivity index (χ0v) is 13.4. The van der Waals surface area contributed by atoms with Crippen molar-refractivity contribution in [3.8, 4) is 0 Å². The maximum Gasteiger partial charge on any atom is 0.130 e. The summed E-state index contributed by atoms with van der Waals surface area (Å²) in [6, 6.07) is 10.5. The second-order valence-corrected chi connectivity index (χ2v) is 5.79. The number of para-hydroxylation sites is 1. The van der Waals surface area contributed by atoms with E-state index in [9.17, 15) is 0 Å². The van der Waals surface area contributed by atoms with Gasteiger partial charge in [-0.2, -0.15) is 0 Å². The fraction of sp³-hybridized carbons (Fsp3) is 0.500. The van der Waals surface area contributed by atoms with Crippen molar-refractivity contribution in [2.45, 2.75) is 32.4 Å². The minimum atomic E-state index is 0.165. The Morgan fingerprint density at radius 2 is 2.14 bits per heavy atom. The second-order valence-electron chi connectivity index (χ2n) is 5.79. The third kappa shape index (κ3) is 3.23. The van der Waals surface area contributed by atoms with Crippen LogP contribution >= 0.6 is 0 Å². The molecule has 2 heterocycles. The molecule has 0 spiro atoms. The molecule has 4 nitrogen and oxygen atoms in total. The van der Waals surface area contributed by atoms with Crippen molar-refractivity contribution in [1.82, 2.24) is 4.98 Å². The van der Waals surface area contributed by atoms with Gasteiger partial charge in [-0.3, -0.25) is 4.98 Å². The number of benzene rings is 1. The predicted molar refractivity (Wildman–Crippen MR) is 89.3 cm³/mol. The van der Waals surface area contributed by atoms with Gasteiger partial charge in [0.05, 0.1) is 23.5 Å². The molecular formula is C18H24N2O2. The van der Waals surface area contributed by atoms with E-state index in [-0.39, 0.29) is 6.23 Å². The molecular weight excluding hydrogens is 276 g/mol. The van der Waals surface area contributed by atoms with Crippen molar-refractivity contribution in [3.05, 3.63) is 36.0 Å². The van der Waals surface area contributed by atoms with Gasteiger partial charge in [0.15, 0.2) is 0 Å². The number of methoxy groups -OCH3 is 1. The standard InChI is InChI=1S/C18H24N2O2/c1-14-17(13-15-7-3-4-8-16(15)19-14)20-10-5-9-18(20)22-12-6-11-21-2/h3-4,7-8,13,18H,5-6,9-12H2,1-2H3. The maximum atomic E-state index is 6.06. The van der Waals surface area contributed by atoms with Crippen molar-refractivity contribution >= 4 is 16.6 Å². The number of ether oxygens (including phenoxy) is 2. The number of hydrogen-bond acceptors (Lipinski definition) is 4. The highest BCUT2D eigenvalue weighted by atomic mass is 16.5. The van der Waals surface area contributed by atoms with Crippen LogP contribution in [0, 0.1) is 6.92 Å². The van der Waals surface area contributed by atoms with E-state index in [2.05, 4.69) is 36.1 Å². The van der Waals surface area contributed by atoms with E-state index < -0.39 is 0 Å². The molecule has 0 saturated carbocycles. The van der Waals surface area contributed by atoms with Crippen LogP contribution in [-0.4, -0.2) is 38.1 Å². The summed E-state index contributed by atoms with van der Waals surface area (Å²) >= 11 is 0. The lowest BCUT2D eigenvalue weighted by Gasteiger charge is -2.28. The van der Waals surface area contributed by atoms with Crippen molar-refractivity contribution in [3.63, 3.8) is 0 Å². The third-order valence-electron chi connectivity index (χ3n) is 4.20. The third-order valence-corrected chi connectivity index (χ3v) is 4.20. The first-order valence-corrected chi connectivity index (χ1v) is 8.03. The van der Waals surface area contributed by atoms with Crippen molar-refractivity contribution in [1.29, 1.82) is 0 Å². The number of rotatable bonds is 6. The zero-order chi connectivity index (χ0) is 15.4. The van der Waals surface area contributed by atoms with E-state index in [1.165, 1.54) is 17.5 Å². The van der Waals surface area contributed by atoms with Crippen LogP contribution in [0.1, 0.15) is 25.0 Å². The van der Waals surface area contributed by atoms with Gasteiger partial charge in [-0.15, -0.1) is 0 Å². The van der Waals surface area contributed by atoms with E-state index in [1.54, 1.807) is 7.11 Å². The van der Waals surface area contributed by atoms with E-state index in [4.69, 9.17) is 14.5 Å². The Morgan fingerprint density at radius 3 is 3.00 bits per heavy atom. The summed E-state index contributed by atoms with van der Waals surface area (Å²) in [5.41, 5.74) is 3.33. The molecule has 4 heteroatoms. The Labute approximate surface area is 132 Å². The van der Waals surface area contributed by atoms with Crippen LogP contribution < -0.4 is 4.90 Å². The Kier molecular flexibility index (Phi) is 4.90. The Bertz CT molecular complexity index is 630. The average Bonchev–Trinajstić information content (AvgIpc) is 2.99. The summed E-state index contributed by atoms with van der Waals surface area (Å²) in [4.78, 5) is 7.11. The first kappa shape index (κ1) is 15.3. The van der Waals surface area contributed by atoms with Crippen LogP contribution in [0.15, 0.2) is 30.3 Å². The molecule has 1 fully saturated rings. The molecule has 1 aliphatic heterocycles. The van der Waals surface area contributed by atoms with Crippen LogP contribution in [0.3, 0.4) is 0 Å². The minimum Gasteiger partial charge on any atom is -0.385 e. The van der Waals surface area contributed by atoms with Gasteiger partial charge >= 0.3 is 0 Å². The van der Waals surface area contributed by atoms with Crippen molar-refractivity contribution in [2.24, 2.45) is 0 Å². The van der Waals surface area contributed by atoms with Crippen molar-refractivity contribution in [2.75, 3.05) is 31.8 Å². The lowest BCUT2D eigenvalue weighted by molar-refractivity contribution is 0.0457. The molecule has 1 atom stereocenters. The number of hydrogen-bond donors (Lipinski definition) is 0. The number of anilines is 1. The normalized spacial score (nSPS) is 18.3. The van der Waals surface area contributed by atoms with Gasteiger partial charge in [0.2, 0.25) is 0 Å². The summed E-state index contributed by atoms with van der Waals surface area (Å²) in [5.74, 6) is 0. The molecule has 1 aromatic heterocycles. The largest absolute Gasteiger partial charge is 0.385 e. The van der Waals surface area contributed by atoms with Gasteiger partial charge in [-0.25, -0.2) is 0 Å². The number of pyridine rings is 1. The molecule has 0 amide bonds. The van der Waals surface area contributed by atoms with Crippen LogP contribution in [0.2, 0.25) is 0 Å². The fourth-order valence-corrected chi connectivity index (χ4v) is 3.10. The first-order valence-electron chi connectivity index (χ1n) is 8.03. The summed E-state index contributed by atoms with van der Waals surface area (Å²) in [6.45, 7) is 4.62. The van der Waals surface area contributed by atoms with Gasteiger partial charge < -0.3 is 14.4 Å². The maximum absolute atomic E-state index is 6.06. The highest BCUT2D eigenvalue weighted by Gasteiger charge is 2.26. The van der Waals surface area contributed by atoms with Gasteiger partial charge in [0.25, 0.3) is 0 Å². The summed E-state index contributed by atoms with van der Waals surface area (Å²) in [6.07, 6.45) is 3.36. The molecule has 1 aromatic carbocycles. The molecule has 1 aliphatic rings. The van der Waals surface area contributed by atoms with Crippen molar-refractivity contribution < 1.29 is 9.47 Å². The van der Waals surface area contributed by atoms with Gasteiger partial charge in [-0.1, -0.05) is 18.2 Å². The molecule has 0 bridgehead atoms. The lowest BCUT2D eigenvalue weighted by Crippen LogP contribution is -2.32. The summed E-state index contributed by atoms with van der Waals surface area (Å²) in [5, 5.41) is 1.19. The first-order chi connectivity index (χ1) is 10.8. The Hall–Kier alpha value is -1.65. The predicted octanol–water partition coefficient (Wildman–Crippen LogP) is 3.52. The quantitative estimate of drug-likeness (QED) is 0.765. The number of aryl methyl sites for hydroxylation is 1.